The van der Waals surface area contributed by atoms with Crippen LogP contribution in [0.15, 0.2) is 35.1 Å². The molecule has 0 aliphatic heterocycles. The fourth-order valence-corrected chi connectivity index (χ4v) is 1.73. The zero-order valence-corrected chi connectivity index (χ0v) is 9.60. The maximum absolute atomic E-state index is 11.8. The van der Waals surface area contributed by atoms with E-state index in [1.165, 1.54) is 0 Å². The van der Waals surface area contributed by atoms with Gasteiger partial charge in [0.05, 0.1) is 17.9 Å². The molecule has 0 atom stereocenters. The van der Waals surface area contributed by atoms with Gasteiger partial charge in [-0.15, -0.1) is 0 Å². The quantitative estimate of drug-likeness (QED) is 0.839. The number of H-pyrrole nitrogens is 1. The Kier molecular flexibility index (Phi) is 3.35. The second-order valence-corrected chi connectivity index (χ2v) is 3.72. The molecule has 0 unspecified atom stereocenters. The van der Waals surface area contributed by atoms with Gasteiger partial charge in [0.25, 0.3) is 5.56 Å². The first-order valence-corrected chi connectivity index (χ1v) is 5.54. The van der Waals surface area contributed by atoms with Crippen LogP contribution in [-0.2, 0) is 13.0 Å². The van der Waals surface area contributed by atoms with E-state index in [2.05, 4.69) is 9.97 Å². The summed E-state index contributed by atoms with van der Waals surface area (Å²) in [4.78, 5) is 18.8. The van der Waals surface area contributed by atoms with Gasteiger partial charge in [-0.3, -0.25) is 4.79 Å². The van der Waals surface area contributed by atoms with E-state index < -0.39 is 0 Å². The minimum absolute atomic E-state index is 0.266. The minimum Gasteiger partial charge on any atom is -0.391 e. The first-order chi connectivity index (χ1) is 8.26. The van der Waals surface area contributed by atoms with Crippen molar-refractivity contribution >= 4 is 0 Å². The van der Waals surface area contributed by atoms with E-state index in [1.54, 1.807) is 0 Å². The molecular weight excluding hydrogens is 216 g/mol. The number of aryl methyl sites for hydroxylation is 1. The summed E-state index contributed by atoms with van der Waals surface area (Å²) in [6.45, 7) is 1.64. The van der Waals surface area contributed by atoms with Gasteiger partial charge in [0, 0.05) is 5.56 Å². The number of nitrogens with zero attached hydrogens (tertiary/aromatic N) is 1. The first-order valence-electron chi connectivity index (χ1n) is 5.54. The Hall–Kier alpha value is -1.94. The summed E-state index contributed by atoms with van der Waals surface area (Å²) in [5.41, 5.74) is 1.60. The summed E-state index contributed by atoms with van der Waals surface area (Å²) in [7, 11) is 0. The Morgan fingerprint density at radius 2 is 2.00 bits per heavy atom. The molecule has 2 aromatic rings. The third kappa shape index (κ3) is 2.26. The molecule has 0 radical (unpaired) electrons. The smallest absolute Gasteiger partial charge is 0.256 e. The van der Waals surface area contributed by atoms with Crippen molar-refractivity contribution in [2.75, 3.05) is 0 Å². The highest BCUT2D eigenvalue weighted by molar-refractivity contribution is 5.54. The third-order valence-corrected chi connectivity index (χ3v) is 2.64. The topological polar surface area (TPSA) is 66.0 Å². The number of aromatic nitrogens is 2. The Morgan fingerprint density at radius 3 is 2.59 bits per heavy atom. The fourth-order valence-electron chi connectivity index (χ4n) is 1.73. The van der Waals surface area contributed by atoms with E-state index >= 15 is 0 Å². The van der Waals surface area contributed by atoms with Crippen LogP contribution in [0.5, 0.6) is 0 Å². The summed E-state index contributed by atoms with van der Waals surface area (Å²) < 4.78 is 0. The molecule has 0 saturated heterocycles. The summed E-state index contributed by atoms with van der Waals surface area (Å²) in [6, 6.07) is 9.46. The molecule has 0 aliphatic rings. The van der Waals surface area contributed by atoms with Crippen LogP contribution >= 0.6 is 0 Å². The van der Waals surface area contributed by atoms with Crippen LogP contribution in [0.3, 0.4) is 0 Å². The highest BCUT2D eigenvalue weighted by Gasteiger charge is 2.09. The lowest BCUT2D eigenvalue weighted by atomic mass is 10.1. The van der Waals surface area contributed by atoms with Crippen molar-refractivity contribution in [1.29, 1.82) is 0 Å². The molecule has 0 spiro atoms. The van der Waals surface area contributed by atoms with Gasteiger partial charge in [-0.05, 0) is 6.42 Å². The summed E-state index contributed by atoms with van der Waals surface area (Å²) in [6.07, 6.45) is 0.625. The summed E-state index contributed by atoms with van der Waals surface area (Å²) in [5.74, 6) is 0.546. The highest BCUT2D eigenvalue weighted by atomic mass is 16.3. The van der Waals surface area contributed by atoms with Crippen molar-refractivity contribution in [2.24, 2.45) is 0 Å². The zero-order valence-electron chi connectivity index (χ0n) is 9.60. The molecular formula is C13H14N2O2. The normalized spacial score (nSPS) is 10.5. The van der Waals surface area contributed by atoms with E-state index in [1.807, 2.05) is 37.3 Å². The Balaban J connectivity index is 2.59. The highest BCUT2D eigenvalue weighted by Crippen LogP contribution is 2.14. The van der Waals surface area contributed by atoms with Gasteiger partial charge in [-0.25, -0.2) is 4.98 Å². The van der Waals surface area contributed by atoms with Gasteiger partial charge in [0.2, 0.25) is 0 Å². The van der Waals surface area contributed by atoms with Gasteiger partial charge in [0.15, 0.2) is 0 Å². The predicted molar refractivity (Wildman–Crippen MR) is 65.6 cm³/mol. The Labute approximate surface area is 99.0 Å². The second-order valence-electron chi connectivity index (χ2n) is 3.72. The van der Waals surface area contributed by atoms with Gasteiger partial charge in [-0.1, -0.05) is 37.3 Å². The third-order valence-electron chi connectivity index (χ3n) is 2.64. The number of aliphatic hydroxyl groups excluding tert-OH is 1. The number of nitrogens with one attached hydrogen (secondary N) is 1. The number of aliphatic hydroxyl groups is 1. The molecule has 4 heteroatoms. The van der Waals surface area contributed by atoms with Crippen LogP contribution in [0.4, 0.5) is 0 Å². The number of hydrogen-bond donors (Lipinski definition) is 2. The van der Waals surface area contributed by atoms with Crippen molar-refractivity contribution in [3.05, 3.63) is 51.9 Å². The van der Waals surface area contributed by atoms with Crippen molar-refractivity contribution in [2.45, 2.75) is 20.0 Å². The maximum Gasteiger partial charge on any atom is 0.256 e. The molecule has 88 valence electrons. The number of rotatable bonds is 3. The number of hydrogen-bond acceptors (Lipinski definition) is 3. The van der Waals surface area contributed by atoms with Crippen LogP contribution in [0.1, 0.15) is 18.2 Å². The molecule has 0 bridgehead atoms. The molecule has 0 aliphatic carbocycles. The maximum atomic E-state index is 11.8. The van der Waals surface area contributed by atoms with Crippen LogP contribution in [0.25, 0.3) is 11.4 Å². The molecule has 1 aromatic heterocycles. The van der Waals surface area contributed by atoms with E-state index in [0.717, 1.165) is 5.56 Å². The molecule has 2 N–H and O–H groups in total. The van der Waals surface area contributed by atoms with Crippen molar-refractivity contribution < 1.29 is 5.11 Å². The lowest BCUT2D eigenvalue weighted by Crippen LogP contribution is -2.18. The van der Waals surface area contributed by atoms with Crippen molar-refractivity contribution in [1.82, 2.24) is 9.97 Å². The van der Waals surface area contributed by atoms with Crippen molar-refractivity contribution in [3.63, 3.8) is 0 Å². The fraction of sp³-hybridized carbons (Fsp3) is 0.231. The van der Waals surface area contributed by atoms with Gasteiger partial charge >= 0.3 is 0 Å². The second kappa shape index (κ2) is 4.93. The molecule has 17 heavy (non-hydrogen) atoms. The van der Waals surface area contributed by atoms with Gasteiger partial charge < -0.3 is 10.1 Å². The molecule has 2 rings (SSSR count). The van der Waals surface area contributed by atoms with E-state index in [9.17, 15) is 4.79 Å². The van der Waals surface area contributed by atoms with E-state index in [4.69, 9.17) is 5.11 Å². The monoisotopic (exact) mass is 230 g/mol. The molecule has 0 fully saturated rings. The Morgan fingerprint density at radius 1 is 1.29 bits per heavy atom. The first kappa shape index (κ1) is 11.5. The van der Waals surface area contributed by atoms with Crippen LogP contribution < -0.4 is 5.56 Å². The SMILES string of the molecule is CCc1nc(-c2ccccc2)[nH]c(=O)c1CO. The zero-order chi connectivity index (χ0) is 12.3. The van der Waals surface area contributed by atoms with Gasteiger partial charge in [-0.2, -0.15) is 0 Å². The van der Waals surface area contributed by atoms with Crippen LogP contribution in [0.2, 0.25) is 0 Å². The molecule has 4 nitrogen and oxygen atoms in total. The van der Waals surface area contributed by atoms with Crippen molar-refractivity contribution in [3.8, 4) is 11.4 Å². The summed E-state index contributed by atoms with van der Waals surface area (Å²) in [5, 5.41) is 9.13. The van der Waals surface area contributed by atoms with Crippen LogP contribution in [-0.4, -0.2) is 15.1 Å². The average Bonchev–Trinajstić information content (AvgIpc) is 2.38. The molecule has 0 saturated carbocycles. The predicted octanol–water partition coefficient (Wildman–Crippen LogP) is 1.49. The molecule has 1 aromatic carbocycles. The summed E-state index contributed by atoms with van der Waals surface area (Å²) >= 11 is 0. The average molecular weight is 230 g/mol. The van der Waals surface area contributed by atoms with Crippen LogP contribution in [0, 0.1) is 0 Å². The lowest BCUT2D eigenvalue weighted by Gasteiger charge is -2.06. The van der Waals surface area contributed by atoms with E-state index in [-0.39, 0.29) is 12.2 Å². The standard InChI is InChI=1S/C13H14N2O2/c1-2-11-10(8-16)13(17)15-12(14-11)9-6-4-3-5-7-9/h3-7,16H,2,8H2,1H3,(H,14,15,17). The van der Waals surface area contributed by atoms with E-state index in [0.29, 0.717) is 23.5 Å². The largest absolute Gasteiger partial charge is 0.391 e. The number of aromatic amines is 1. The molecule has 0 amide bonds. The molecule has 1 heterocycles. The Bertz CT molecular complexity index is 561. The van der Waals surface area contributed by atoms with Gasteiger partial charge in [0.1, 0.15) is 5.82 Å². The number of benzene rings is 1. The lowest BCUT2D eigenvalue weighted by molar-refractivity contribution is 0.278. The minimum atomic E-state index is -0.277.